The lowest BCUT2D eigenvalue weighted by atomic mass is 10.0. The number of esters is 1. The molecule has 1 fully saturated rings. The van der Waals surface area contributed by atoms with E-state index in [1.54, 1.807) is 24.3 Å². The van der Waals surface area contributed by atoms with Gasteiger partial charge in [-0.2, -0.15) is 0 Å². The van der Waals surface area contributed by atoms with Crippen molar-refractivity contribution < 1.29 is 14.3 Å². The fourth-order valence-corrected chi connectivity index (χ4v) is 2.49. The van der Waals surface area contributed by atoms with Crippen LogP contribution in [0.3, 0.4) is 0 Å². The summed E-state index contributed by atoms with van der Waals surface area (Å²) >= 11 is 0. The third-order valence-electron chi connectivity index (χ3n) is 3.60. The highest BCUT2D eigenvalue weighted by Crippen LogP contribution is 2.28. The summed E-state index contributed by atoms with van der Waals surface area (Å²) in [4.78, 5) is 22.6. The molecule has 1 aliphatic rings. The molecule has 4 nitrogen and oxygen atoms in total. The average Bonchev–Trinajstić information content (AvgIpc) is 2.90. The van der Waals surface area contributed by atoms with Gasteiger partial charge in [0.05, 0.1) is 0 Å². The van der Waals surface area contributed by atoms with E-state index in [2.05, 4.69) is 0 Å². The highest BCUT2D eigenvalue weighted by Gasteiger charge is 2.16. The molecule has 0 radical (unpaired) electrons. The summed E-state index contributed by atoms with van der Waals surface area (Å²) < 4.78 is 5.22. The standard InChI is InChI=1S/C15H19NO3/c16-15(18)12-6-8-13(9-7-12)19-14(17)10-5-11-3-1-2-4-11/h6-9,11H,1-5,10H2,(H2,16,18). The van der Waals surface area contributed by atoms with Crippen LogP contribution in [0.4, 0.5) is 0 Å². The number of hydrogen-bond donors (Lipinski definition) is 1. The Labute approximate surface area is 112 Å². The van der Waals surface area contributed by atoms with E-state index in [1.165, 1.54) is 25.7 Å². The Morgan fingerprint density at radius 1 is 1.16 bits per heavy atom. The molecule has 0 saturated heterocycles. The molecule has 1 aliphatic carbocycles. The number of ether oxygens (including phenoxy) is 1. The fourth-order valence-electron chi connectivity index (χ4n) is 2.49. The molecule has 0 atom stereocenters. The van der Waals surface area contributed by atoms with Gasteiger partial charge in [0.15, 0.2) is 0 Å². The Kier molecular flexibility index (Phi) is 4.55. The summed E-state index contributed by atoms with van der Waals surface area (Å²) in [6, 6.07) is 6.30. The molecule has 0 spiro atoms. The molecule has 1 saturated carbocycles. The van der Waals surface area contributed by atoms with Gasteiger partial charge in [0.25, 0.3) is 0 Å². The van der Waals surface area contributed by atoms with Gasteiger partial charge in [0, 0.05) is 12.0 Å². The first-order valence-corrected chi connectivity index (χ1v) is 6.75. The van der Waals surface area contributed by atoms with Crippen LogP contribution in [0.25, 0.3) is 0 Å². The molecule has 0 aromatic heterocycles. The Morgan fingerprint density at radius 2 is 1.79 bits per heavy atom. The minimum atomic E-state index is -0.487. The van der Waals surface area contributed by atoms with Crippen molar-refractivity contribution in [3.63, 3.8) is 0 Å². The largest absolute Gasteiger partial charge is 0.427 e. The molecule has 0 aliphatic heterocycles. The predicted molar refractivity (Wildman–Crippen MR) is 71.8 cm³/mol. The summed E-state index contributed by atoms with van der Waals surface area (Å²) in [5.74, 6) is 0.448. The molecule has 1 aromatic rings. The minimum Gasteiger partial charge on any atom is -0.427 e. The monoisotopic (exact) mass is 261 g/mol. The molecule has 0 bridgehead atoms. The first-order chi connectivity index (χ1) is 9.15. The van der Waals surface area contributed by atoms with Crippen molar-refractivity contribution in [3.05, 3.63) is 29.8 Å². The van der Waals surface area contributed by atoms with Crippen LogP contribution in [0, 0.1) is 5.92 Å². The lowest BCUT2D eigenvalue weighted by Gasteiger charge is -2.08. The quantitative estimate of drug-likeness (QED) is 0.654. The van der Waals surface area contributed by atoms with Crippen molar-refractivity contribution in [2.75, 3.05) is 0 Å². The van der Waals surface area contributed by atoms with E-state index < -0.39 is 5.91 Å². The zero-order chi connectivity index (χ0) is 13.7. The third kappa shape index (κ3) is 4.09. The SMILES string of the molecule is NC(=O)c1ccc(OC(=O)CCC2CCCC2)cc1. The third-order valence-corrected chi connectivity index (χ3v) is 3.60. The van der Waals surface area contributed by atoms with Crippen LogP contribution in [-0.2, 0) is 4.79 Å². The second-order valence-electron chi connectivity index (χ2n) is 5.05. The van der Waals surface area contributed by atoms with Gasteiger partial charge in [-0.15, -0.1) is 0 Å². The average molecular weight is 261 g/mol. The maximum atomic E-state index is 11.7. The van der Waals surface area contributed by atoms with Crippen LogP contribution >= 0.6 is 0 Å². The van der Waals surface area contributed by atoms with E-state index in [1.807, 2.05) is 0 Å². The van der Waals surface area contributed by atoms with E-state index >= 15 is 0 Å². The molecule has 0 heterocycles. The molecule has 2 rings (SSSR count). The van der Waals surface area contributed by atoms with Crippen LogP contribution in [0.2, 0.25) is 0 Å². The predicted octanol–water partition coefficient (Wildman–Crippen LogP) is 2.66. The summed E-state index contributed by atoms with van der Waals surface area (Å²) in [6.07, 6.45) is 6.42. The Morgan fingerprint density at radius 3 is 2.37 bits per heavy atom. The van der Waals surface area contributed by atoms with Crippen molar-refractivity contribution in [1.29, 1.82) is 0 Å². The molecular weight excluding hydrogens is 242 g/mol. The zero-order valence-corrected chi connectivity index (χ0v) is 10.9. The van der Waals surface area contributed by atoms with Crippen LogP contribution in [-0.4, -0.2) is 11.9 Å². The number of rotatable bonds is 5. The Balaban J connectivity index is 1.79. The molecule has 0 unspecified atom stereocenters. The topological polar surface area (TPSA) is 69.4 Å². The van der Waals surface area contributed by atoms with E-state index in [0.29, 0.717) is 23.7 Å². The van der Waals surface area contributed by atoms with Gasteiger partial charge in [-0.05, 0) is 36.6 Å². The normalized spacial score (nSPS) is 15.4. The fraction of sp³-hybridized carbons (Fsp3) is 0.467. The number of carbonyl (C=O) groups excluding carboxylic acids is 2. The molecule has 1 amide bonds. The van der Waals surface area contributed by atoms with Gasteiger partial charge in [-0.25, -0.2) is 0 Å². The number of nitrogens with two attached hydrogens (primary N) is 1. The van der Waals surface area contributed by atoms with Crippen molar-refractivity contribution in [2.45, 2.75) is 38.5 Å². The summed E-state index contributed by atoms with van der Waals surface area (Å²) in [5.41, 5.74) is 5.54. The van der Waals surface area contributed by atoms with Gasteiger partial charge in [0.2, 0.25) is 5.91 Å². The molecule has 4 heteroatoms. The summed E-state index contributed by atoms with van der Waals surface area (Å²) in [6.45, 7) is 0. The summed E-state index contributed by atoms with van der Waals surface area (Å²) in [7, 11) is 0. The van der Waals surface area contributed by atoms with Crippen LogP contribution in [0.1, 0.15) is 48.9 Å². The number of primary amides is 1. The highest BCUT2D eigenvalue weighted by atomic mass is 16.5. The molecule has 102 valence electrons. The van der Waals surface area contributed by atoms with Crippen LogP contribution in [0.15, 0.2) is 24.3 Å². The van der Waals surface area contributed by atoms with E-state index in [-0.39, 0.29) is 5.97 Å². The molecule has 19 heavy (non-hydrogen) atoms. The van der Waals surface area contributed by atoms with Crippen molar-refractivity contribution in [2.24, 2.45) is 11.7 Å². The van der Waals surface area contributed by atoms with E-state index in [9.17, 15) is 9.59 Å². The van der Waals surface area contributed by atoms with Gasteiger partial charge < -0.3 is 10.5 Å². The minimum absolute atomic E-state index is 0.210. The van der Waals surface area contributed by atoms with Gasteiger partial charge in [-0.3, -0.25) is 9.59 Å². The smallest absolute Gasteiger partial charge is 0.311 e. The Bertz CT molecular complexity index is 447. The number of benzene rings is 1. The van der Waals surface area contributed by atoms with Crippen LogP contribution in [0.5, 0.6) is 5.75 Å². The van der Waals surface area contributed by atoms with Crippen LogP contribution < -0.4 is 10.5 Å². The van der Waals surface area contributed by atoms with Gasteiger partial charge in [0.1, 0.15) is 5.75 Å². The molecular formula is C15H19NO3. The second kappa shape index (κ2) is 6.36. The van der Waals surface area contributed by atoms with Gasteiger partial charge >= 0.3 is 5.97 Å². The Hall–Kier alpha value is -1.84. The zero-order valence-electron chi connectivity index (χ0n) is 10.9. The number of carbonyl (C=O) groups is 2. The maximum absolute atomic E-state index is 11.7. The first-order valence-electron chi connectivity index (χ1n) is 6.75. The lowest BCUT2D eigenvalue weighted by molar-refractivity contribution is -0.134. The van der Waals surface area contributed by atoms with E-state index in [4.69, 9.17) is 10.5 Å². The molecule has 2 N–H and O–H groups in total. The van der Waals surface area contributed by atoms with Gasteiger partial charge in [-0.1, -0.05) is 25.7 Å². The number of amides is 1. The highest BCUT2D eigenvalue weighted by molar-refractivity contribution is 5.92. The summed E-state index contributed by atoms with van der Waals surface area (Å²) in [5, 5.41) is 0. The van der Waals surface area contributed by atoms with Crippen molar-refractivity contribution in [1.82, 2.24) is 0 Å². The molecule has 1 aromatic carbocycles. The van der Waals surface area contributed by atoms with E-state index in [0.717, 1.165) is 6.42 Å². The maximum Gasteiger partial charge on any atom is 0.311 e. The second-order valence-corrected chi connectivity index (χ2v) is 5.05. The lowest BCUT2D eigenvalue weighted by Crippen LogP contribution is -2.12. The number of hydrogen-bond acceptors (Lipinski definition) is 3. The van der Waals surface area contributed by atoms with Crippen molar-refractivity contribution in [3.8, 4) is 5.75 Å². The first kappa shape index (κ1) is 13.6. The van der Waals surface area contributed by atoms with Crippen molar-refractivity contribution >= 4 is 11.9 Å².